The van der Waals surface area contributed by atoms with E-state index in [1.165, 1.54) is 11.3 Å². The molecule has 5 rings (SSSR count). The van der Waals surface area contributed by atoms with Gasteiger partial charge in [0.05, 0.1) is 20.6 Å². The summed E-state index contributed by atoms with van der Waals surface area (Å²) in [5.74, 6) is 0.392. The molecular weight excluding hydrogens is 536 g/mol. The molecule has 2 unspecified atom stereocenters. The number of halogens is 1. The quantitative estimate of drug-likeness (QED) is 0.348. The summed E-state index contributed by atoms with van der Waals surface area (Å²) in [5.41, 5.74) is 8.19. The second-order valence-electron chi connectivity index (χ2n) is 8.61. The highest BCUT2D eigenvalue weighted by atomic mass is 79.9. The van der Waals surface area contributed by atoms with Crippen LogP contribution < -0.4 is 5.73 Å². The van der Waals surface area contributed by atoms with E-state index >= 15 is 0 Å². The van der Waals surface area contributed by atoms with Crippen LogP contribution in [0.25, 0.3) is 22.6 Å². The van der Waals surface area contributed by atoms with Crippen molar-refractivity contribution in [2.45, 2.75) is 35.9 Å². The van der Waals surface area contributed by atoms with Crippen molar-refractivity contribution in [2.24, 2.45) is 11.7 Å². The number of hydrogen-bond donors (Lipinski definition) is 1. The second-order valence-corrected chi connectivity index (χ2v) is 13.3. The van der Waals surface area contributed by atoms with Gasteiger partial charge in [-0.15, -0.1) is 11.3 Å². The fraction of sp³-hybridized carbons (Fsp3) is 0.292. The van der Waals surface area contributed by atoms with Gasteiger partial charge in [0.25, 0.3) is 0 Å². The van der Waals surface area contributed by atoms with E-state index in [1.54, 1.807) is 30.5 Å². The van der Waals surface area contributed by atoms with Crippen LogP contribution in [-0.2, 0) is 9.84 Å². The number of carbonyl (C=O) groups is 1. The van der Waals surface area contributed by atoms with E-state index in [4.69, 9.17) is 10.7 Å². The number of amides is 1. The number of carbonyl (C=O) groups excluding carboxylic acids is 1. The molecule has 34 heavy (non-hydrogen) atoms. The van der Waals surface area contributed by atoms with Gasteiger partial charge in [-0.3, -0.25) is 9.78 Å². The van der Waals surface area contributed by atoms with Gasteiger partial charge in [-0.2, -0.15) is 0 Å². The Balaban J connectivity index is 1.52. The van der Waals surface area contributed by atoms with Crippen molar-refractivity contribution >= 4 is 54.0 Å². The van der Waals surface area contributed by atoms with Crippen LogP contribution in [0.1, 0.15) is 42.1 Å². The first-order valence-electron chi connectivity index (χ1n) is 11.0. The molecule has 0 spiro atoms. The van der Waals surface area contributed by atoms with Gasteiger partial charge < -0.3 is 10.3 Å². The van der Waals surface area contributed by atoms with Gasteiger partial charge in [0.1, 0.15) is 9.90 Å². The molecular formula is C24H23BrN4O3S2. The Kier molecular flexibility index (Phi) is 6.30. The first-order valence-corrected chi connectivity index (χ1v) is 14.3. The highest BCUT2D eigenvalue weighted by Gasteiger charge is 2.31. The maximum atomic E-state index is 13.0. The molecule has 1 fully saturated rings. The summed E-state index contributed by atoms with van der Waals surface area (Å²) in [5, 5.41) is 0. The minimum atomic E-state index is -3.35. The van der Waals surface area contributed by atoms with Crippen LogP contribution in [-0.4, -0.2) is 34.6 Å². The molecule has 4 aromatic rings. The Morgan fingerprint density at radius 2 is 2.03 bits per heavy atom. The number of benzene rings is 1. The summed E-state index contributed by atoms with van der Waals surface area (Å²) in [7, 11) is -3.35. The van der Waals surface area contributed by atoms with Crippen LogP contribution >= 0.6 is 27.3 Å². The zero-order valence-electron chi connectivity index (χ0n) is 18.2. The van der Waals surface area contributed by atoms with E-state index in [1.807, 2.05) is 24.3 Å². The number of nitrogens with two attached hydrogens (primary N) is 1. The van der Waals surface area contributed by atoms with Crippen LogP contribution in [0.3, 0.4) is 0 Å². The van der Waals surface area contributed by atoms with Gasteiger partial charge in [0, 0.05) is 17.8 Å². The van der Waals surface area contributed by atoms with Crippen LogP contribution in [0.5, 0.6) is 0 Å². The molecule has 10 heteroatoms. The number of pyridine rings is 1. The minimum Gasteiger partial charge on any atom is -0.366 e. The van der Waals surface area contributed by atoms with E-state index in [0.29, 0.717) is 21.1 Å². The molecule has 3 aromatic heterocycles. The van der Waals surface area contributed by atoms with Crippen molar-refractivity contribution in [1.82, 2.24) is 14.5 Å². The molecule has 7 nitrogen and oxygen atoms in total. The summed E-state index contributed by atoms with van der Waals surface area (Å²) >= 11 is 4.62. The Labute approximate surface area is 210 Å². The van der Waals surface area contributed by atoms with Crippen molar-refractivity contribution in [3.63, 3.8) is 0 Å². The van der Waals surface area contributed by atoms with Gasteiger partial charge in [0.15, 0.2) is 15.7 Å². The number of sulfone groups is 1. The molecule has 0 aliphatic heterocycles. The lowest BCUT2D eigenvalue weighted by Crippen LogP contribution is -2.25. The van der Waals surface area contributed by atoms with Crippen molar-refractivity contribution in [2.75, 3.05) is 5.75 Å². The van der Waals surface area contributed by atoms with Gasteiger partial charge in [-0.05, 0) is 83.6 Å². The van der Waals surface area contributed by atoms with Gasteiger partial charge >= 0.3 is 0 Å². The summed E-state index contributed by atoms with van der Waals surface area (Å²) in [6.07, 6.45) is 5.18. The first kappa shape index (κ1) is 23.2. The molecule has 0 radical (unpaired) electrons. The first-order chi connectivity index (χ1) is 16.3. The summed E-state index contributed by atoms with van der Waals surface area (Å²) in [4.78, 5) is 21.0. The van der Waals surface area contributed by atoms with Crippen LogP contribution in [0.15, 0.2) is 62.7 Å². The Hall–Kier alpha value is -2.56. The molecule has 3 heterocycles. The number of nitrogens with zero attached hydrogens (tertiary/aromatic N) is 3. The summed E-state index contributed by atoms with van der Waals surface area (Å²) in [6, 6.07) is 14.5. The maximum absolute atomic E-state index is 13.0. The lowest BCUT2D eigenvalue weighted by Gasteiger charge is -2.31. The third-order valence-corrected chi connectivity index (χ3v) is 10.4. The van der Waals surface area contributed by atoms with Gasteiger partial charge in [-0.1, -0.05) is 12.5 Å². The van der Waals surface area contributed by atoms with Crippen molar-refractivity contribution in [1.29, 1.82) is 0 Å². The molecule has 0 saturated heterocycles. The van der Waals surface area contributed by atoms with E-state index in [-0.39, 0.29) is 17.7 Å². The zero-order chi connectivity index (χ0) is 23.9. The van der Waals surface area contributed by atoms with E-state index < -0.39 is 15.7 Å². The topological polar surface area (TPSA) is 108 Å². The van der Waals surface area contributed by atoms with Crippen molar-refractivity contribution in [3.8, 4) is 11.5 Å². The molecule has 1 aromatic carbocycles. The smallest absolute Gasteiger partial charge is 0.248 e. The predicted molar refractivity (Wildman–Crippen MR) is 137 cm³/mol. The third kappa shape index (κ3) is 4.54. The molecule has 2 N–H and O–H groups in total. The Morgan fingerprint density at radius 1 is 1.18 bits per heavy atom. The number of thiophene rings is 1. The largest absolute Gasteiger partial charge is 0.366 e. The molecule has 0 bridgehead atoms. The third-order valence-electron chi connectivity index (χ3n) is 6.30. The van der Waals surface area contributed by atoms with Crippen LogP contribution in [0.4, 0.5) is 0 Å². The normalized spacial score (nSPS) is 18.9. The molecule has 1 amide bonds. The zero-order valence-corrected chi connectivity index (χ0v) is 21.4. The van der Waals surface area contributed by atoms with Gasteiger partial charge in [-0.25, -0.2) is 13.4 Å². The summed E-state index contributed by atoms with van der Waals surface area (Å²) in [6.45, 7) is 0. The maximum Gasteiger partial charge on any atom is 0.248 e. The molecule has 1 aliphatic rings. The average molecular weight is 560 g/mol. The SMILES string of the molecule is NC(=O)c1ccc2c(c1)nc(-c1ccccn1)n2C1CCCC(CS(=O)(=O)c2ccc(Br)s2)C1. The highest BCUT2D eigenvalue weighted by Crippen LogP contribution is 2.39. The lowest BCUT2D eigenvalue weighted by atomic mass is 9.86. The number of rotatable bonds is 6. The summed E-state index contributed by atoms with van der Waals surface area (Å²) < 4.78 is 29.4. The van der Waals surface area contributed by atoms with Crippen LogP contribution in [0.2, 0.25) is 0 Å². The Bertz CT molecular complexity index is 1460. The van der Waals surface area contributed by atoms with E-state index in [9.17, 15) is 13.2 Å². The highest BCUT2D eigenvalue weighted by molar-refractivity contribution is 9.11. The number of aromatic nitrogens is 3. The van der Waals surface area contributed by atoms with E-state index in [0.717, 1.165) is 40.7 Å². The van der Waals surface area contributed by atoms with Crippen LogP contribution in [0, 0.1) is 5.92 Å². The fourth-order valence-electron chi connectivity index (χ4n) is 4.80. The van der Waals surface area contributed by atoms with Gasteiger partial charge in [0.2, 0.25) is 5.91 Å². The lowest BCUT2D eigenvalue weighted by molar-refractivity contribution is 0.100. The molecule has 176 valence electrons. The number of fused-ring (bicyclic) bond motifs is 1. The minimum absolute atomic E-state index is 0.0450. The predicted octanol–water partition coefficient (Wildman–Crippen LogP) is 5.23. The van der Waals surface area contributed by atoms with Crippen molar-refractivity contribution < 1.29 is 13.2 Å². The van der Waals surface area contributed by atoms with E-state index in [2.05, 4.69) is 25.5 Å². The fourth-order valence-corrected chi connectivity index (χ4v) is 8.59. The average Bonchev–Trinajstić information content (AvgIpc) is 3.43. The number of hydrogen-bond acceptors (Lipinski definition) is 6. The number of imidazole rings is 1. The molecule has 2 atom stereocenters. The molecule has 1 aliphatic carbocycles. The monoisotopic (exact) mass is 558 g/mol. The standard InChI is InChI=1S/C24H23BrN4O3S2/c25-21-9-10-22(33-21)34(31,32)14-15-4-3-5-17(12-15)29-20-8-7-16(23(26)30)13-19(20)28-24(29)18-6-1-2-11-27-18/h1-2,6-11,13,15,17H,3-5,12,14H2,(H2,26,30). The Morgan fingerprint density at radius 3 is 2.74 bits per heavy atom. The second kappa shape index (κ2) is 9.24. The molecule has 1 saturated carbocycles. The van der Waals surface area contributed by atoms with Crippen molar-refractivity contribution in [3.05, 3.63) is 64.1 Å². The number of primary amides is 1.